The number of carbonyl (C=O) groups is 1. The number of rotatable bonds is 6. The van der Waals surface area contributed by atoms with E-state index in [1.165, 1.54) is 0 Å². The largest absolute Gasteiger partial charge is 0.489 e. The van der Waals surface area contributed by atoms with Crippen LogP contribution < -0.4 is 15.4 Å². The van der Waals surface area contributed by atoms with Crippen LogP contribution in [0.25, 0.3) is 22.6 Å². The van der Waals surface area contributed by atoms with Crippen LogP contribution in [0.15, 0.2) is 95.4 Å². The van der Waals surface area contributed by atoms with Gasteiger partial charge in [0.1, 0.15) is 17.9 Å². The molecule has 0 aliphatic carbocycles. The van der Waals surface area contributed by atoms with E-state index in [0.29, 0.717) is 45.6 Å². The quantitative estimate of drug-likeness (QED) is 0.148. The number of halogens is 2. The molecule has 0 unspecified atom stereocenters. The van der Waals surface area contributed by atoms with E-state index in [4.69, 9.17) is 33.0 Å². The molecule has 4 aromatic carbocycles. The zero-order valence-corrected chi connectivity index (χ0v) is 22.9. The SMILES string of the molecule is O=C(NC(=S)Nc1ccc2oc(-c3cc(I)ccc3Cl)nc2c1)c1cccc(OCc2ccccc2)c1. The minimum Gasteiger partial charge on any atom is -0.489 e. The Kier molecular flexibility index (Phi) is 7.68. The van der Waals surface area contributed by atoms with Gasteiger partial charge in [-0.3, -0.25) is 10.1 Å². The topological polar surface area (TPSA) is 76.4 Å². The summed E-state index contributed by atoms with van der Waals surface area (Å²) >= 11 is 13.9. The van der Waals surface area contributed by atoms with E-state index in [2.05, 4.69) is 38.2 Å². The van der Waals surface area contributed by atoms with E-state index in [9.17, 15) is 4.79 Å². The summed E-state index contributed by atoms with van der Waals surface area (Å²) in [5.74, 6) is 0.678. The fourth-order valence-electron chi connectivity index (χ4n) is 3.59. The second-order valence-electron chi connectivity index (χ2n) is 8.04. The molecular weight excluding hydrogens is 621 g/mol. The summed E-state index contributed by atoms with van der Waals surface area (Å²) in [5, 5.41) is 6.44. The first-order valence-electron chi connectivity index (χ1n) is 11.2. The molecule has 184 valence electrons. The Morgan fingerprint density at radius 3 is 2.68 bits per heavy atom. The Morgan fingerprint density at radius 1 is 1.00 bits per heavy atom. The Balaban J connectivity index is 1.23. The van der Waals surface area contributed by atoms with Crippen molar-refractivity contribution >= 4 is 74.2 Å². The van der Waals surface area contributed by atoms with E-state index >= 15 is 0 Å². The Bertz CT molecular complexity index is 1610. The van der Waals surface area contributed by atoms with Gasteiger partial charge in [-0.15, -0.1) is 0 Å². The van der Waals surface area contributed by atoms with Gasteiger partial charge in [0.05, 0.1) is 10.6 Å². The van der Waals surface area contributed by atoms with Crippen molar-refractivity contribution in [2.75, 3.05) is 5.32 Å². The maximum absolute atomic E-state index is 12.8. The summed E-state index contributed by atoms with van der Waals surface area (Å²) in [7, 11) is 0. The van der Waals surface area contributed by atoms with Gasteiger partial charge in [-0.2, -0.15) is 0 Å². The molecule has 37 heavy (non-hydrogen) atoms. The van der Waals surface area contributed by atoms with Gasteiger partial charge in [0.2, 0.25) is 5.89 Å². The van der Waals surface area contributed by atoms with Crippen molar-refractivity contribution in [3.63, 3.8) is 0 Å². The Hall–Kier alpha value is -3.47. The van der Waals surface area contributed by atoms with Crippen molar-refractivity contribution in [3.8, 4) is 17.2 Å². The molecule has 1 amide bonds. The lowest BCUT2D eigenvalue weighted by Gasteiger charge is -2.11. The predicted molar refractivity (Wildman–Crippen MR) is 158 cm³/mol. The molecule has 1 heterocycles. The fourth-order valence-corrected chi connectivity index (χ4v) is 4.49. The summed E-state index contributed by atoms with van der Waals surface area (Å²) in [6.07, 6.45) is 0. The average Bonchev–Trinajstić information content (AvgIpc) is 3.33. The normalized spacial score (nSPS) is 10.8. The smallest absolute Gasteiger partial charge is 0.257 e. The van der Waals surface area contributed by atoms with Crippen LogP contribution in [0.4, 0.5) is 5.69 Å². The van der Waals surface area contributed by atoms with Crippen LogP contribution in [0.5, 0.6) is 5.75 Å². The number of nitrogens with zero attached hydrogens (tertiary/aromatic N) is 1. The van der Waals surface area contributed by atoms with Crippen LogP contribution in [-0.2, 0) is 6.61 Å². The molecule has 0 spiro atoms. The third kappa shape index (κ3) is 6.27. The molecule has 0 saturated heterocycles. The van der Waals surface area contributed by atoms with Gasteiger partial charge >= 0.3 is 0 Å². The molecule has 2 N–H and O–H groups in total. The molecule has 6 nitrogen and oxygen atoms in total. The maximum atomic E-state index is 12.8. The number of amides is 1. The third-order valence-electron chi connectivity index (χ3n) is 5.38. The summed E-state index contributed by atoms with van der Waals surface area (Å²) < 4.78 is 12.7. The van der Waals surface area contributed by atoms with Gasteiger partial charge in [0.25, 0.3) is 5.91 Å². The zero-order chi connectivity index (χ0) is 25.8. The highest BCUT2D eigenvalue weighted by atomic mass is 127. The standard InChI is InChI=1S/C28H19ClIN3O3S/c29-23-11-9-19(30)14-22(23)27-32-24-15-20(10-12-25(24)36-27)31-28(37)33-26(34)18-7-4-8-21(13-18)35-16-17-5-2-1-3-6-17/h1-15H,16H2,(H2,31,33,34,37). The average molecular weight is 640 g/mol. The molecule has 0 radical (unpaired) electrons. The molecule has 0 aliphatic rings. The van der Waals surface area contributed by atoms with Gasteiger partial charge in [0, 0.05) is 14.8 Å². The molecule has 0 atom stereocenters. The number of fused-ring (bicyclic) bond motifs is 1. The van der Waals surface area contributed by atoms with Gasteiger partial charge in [-0.1, -0.05) is 48.0 Å². The van der Waals surface area contributed by atoms with Crippen molar-refractivity contribution in [2.24, 2.45) is 0 Å². The molecule has 0 fully saturated rings. The highest BCUT2D eigenvalue weighted by Crippen LogP contribution is 2.32. The minimum absolute atomic E-state index is 0.157. The van der Waals surface area contributed by atoms with Gasteiger partial charge in [-0.25, -0.2) is 4.98 Å². The minimum atomic E-state index is -0.346. The molecule has 5 rings (SSSR count). The Morgan fingerprint density at radius 2 is 1.84 bits per heavy atom. The van der Waals surface area contributed by atoms with E-state index in [1.54, 1.807) is 42.5 Å². The first-order valence-corrected chi connectivity index (χ1v) is 13.1. The summed E-state index contributed by atoms with van der Waals surface area (Å²) in [6.45, 7) is 0.411. The lowest BCUT2D eigenvalue weighted by Crippen LogP contribution is -2.34. The van der Waals surface area contributed by atoms with E-state index < -0.39 is 0 Å². The van der Waals surface area contributed by atoms with Gasteiger partial charge < -0.3 is 14.5 Å². The molecule has 9 heteroatoms. The predicted octanol–water partition coefficient (Wildman–Crippen LogP) is 7.46. The van der Waals surface area contributed by atoms with Crippen molar-refractivity contribution in [2.45, 2.75) is 6.61 Å². The van der Waals surface area contributed by atoms with E-state index in [1.807, 2.05) is 48.5 Å². The number of ether oxygens (including phenoxy) is 1. The number of nitrogens with one attached hydrogen (secondary N) is 2. The summed E-state index contributed by atoms with van der Waals surface area (Å²) in [4.78, 5) is 17.3. The molecule has 1 aromatic heterocycles. The van der Waals surface area contributed by atoms with Crippen LogP contribution in [0, 0.1) is 3.57 Å². The summed E-state index contributed by atoms with van der Waals surface area (Å²) in [6, 6.07) is 27.8. The number of aromatic nitrogens is 1. The number of oxazole rings is 1. The first kappa shape index (κ1) is 25.2. The number of thiocarbonyl (C=S) groups is 1. The molecule has 5 aromatic rings. The van der Waals surface area contributed by atoms with Crippen molar-refractivity contribution in [3.05, 3.63) is 111 Å². The second-order valence-corrected chi connectivity index (χ2v) is 10.1. The lowest BCUT2D eigenvalue weighted by molar-refractivity contribution is 0.0977. The molecule has 0 saturated carbocycles. The van der Waals surface area contributed by atoms with Crippen LogP contribution in [0.2, 0.25) is 5.02 Å². The van der Waals surface area contributed by atoms with Crippen molar-refractivity contribution in [1.29, 1.82) is 0 Å². The highest BCUT2D eigenvalue weighted by Gasteiger charge is 2.14. The zero-order valence-electron chi connectivity index (χ0n) is 19.2. The van der Waals surface area contributed by atoms with E-state index in [0.717, 1.165) is 14.7 Å². The van der Waals surface area contributed by atoms with Gasteiger partial charge in [0.15, 0.2) is 10.7 Å². The number of carbonyl (C=O) groups excluding carboxylic acids is 1. The number of hydrogen-bond acceptors (Lipinski definition) is 5. The van der Waals surface area contributed by atoms with Gasteiger partial charge in [-0.05, 0) is 95.0 Å². The van der Waals surface area contributed by atoms with Crippen LogP contribution in [0.3, 0.4) is 0 Å². The number of anilines is 1. The number of hydrogen-bond donors (Lipinski definition) is 2. The lowest BCUT2D eigenvalue weighted by atomic mass is 10.2. The maximum Gasteiger partial charge on any atom is 0.257 e. The van der Waals surface area contributed by atoms with Crippen molar-refractivity contribution in [1.82, 2.24) is 10.3 Å². The number of benzene rings is 4. The van der Waals surface area contributed by atoms with Crippen LogP contribution in [0.1, 0.15) is 15.9 Å². The Labute approximate surface area is 237 Å². The molecular formula is C28H19ClIN3O3S. The molecule has 0 aliphatic heterocycles. The van der Waals surface area contributed by atoms with E-state index in [-0.39, 0.29) is 11.0 Å². The van der Waals surface area contributed by atoms with Crippen LogP contribution in [-0.4, -0.2) is 16.0 Å². The first-order chi connectivity index (χ1) is 17.9. The van der Waals surface area contributed by atoms with Crippen molar-refractivity contribution < 1.29 is 13.9 Å². The second kappa shape index (κ2) is 11.3. The highest BCUT2D eigenvalue weighted by molar-refractivity contribution is 14.1. The summed E-state index contributed by atoms with van der Waals surface area (Å²) in [5.41, 5.74) is 4.09. The fraction of sp³-hybridized carbons (Fsp3) is 0.0357. The van der Waals surface area contributed by atoms with Crippen LogP contribution >= 0.6 is 46.4 Å². The third-order valence-corrected chi connectivity index (χ3v) is 6.58. The molecule has 0 bridgehead atoms. The monoisotopic (exact) mass is 639 g/mol.